The number of carboxylic acids is 1. The van der Waals surface area contributed by atoms with Crippen LogP contribution >= 0.6 is 11.3 Å². The molecule has 2 aromatic heterocycles. The summed E-state index contributed by atoms with van der Waals surface area (Å²) in [5.74, 6) is 0.543. The number of carbonyl (C=O) groups is 1. The van der Waals surface area contributed by atoms with E-state index < -0.39 is 5.97 Å². The van der Waals surface area contributed by atoms with E-state index in [2.05, 4.69) is 31.0 Å². The van der Waals surface area contributed by atoms with Crippen LogP contribution in [0.3, 0.4) is 0 Å². The Morgan fingerprint density at radius 1 is 1.21 bits per heavy atom. The summed E-state index contributed by atoms with van der Waals surface area (Å²) in [5.41, 5.74) is 3.67. The SMILES string of the molecule is CCC1CNCc2sc3nc(CN(CC)CC)c(C(=O)O)c(-c4ccc(OC)c(OC)c4)c3c21. The number of nitrogens with zero attached hydrogens (tertiary/aromatic N) is 2. The molecule has 0 saturated heterocycles. The Hall–Kier alpha value is -2.68. The normalized spacial score (nSPS) is 15.5. The number of methoxy groups -OCH3 is 2. The topological polar surface area (TPSA) is 83.9 Å². The molecule has 0 saturated carbocycles. The second kappa shape index (κ2) is 10.3. The number of rotatable bonds is 9. The zero-order chi connectivity index (χ0) is 24.4. The molecule has 34 heavy (non-hydrogen) atoms. The summed E-state index contributed by atoms with van der Waals surface area (Å²) in [6.45, 7) is 10.1. The highest BCUT2D eigenvalue weighted by atomic mass is 32.1. The second-order valence-corrected chi connectivity index (χ2v) is 9.58. The summed E-state index contributed by atoms with van der Waals surface area (Å²) in [4.78, 5) is 22.1. The summed E-state index contributed by atoms with van der Waals surface area (Å²) >= 11 is 1.68. The van der Waals surface area contributed by atoms with Crippen LogP contribution < -0.4 is 14.8 Å². The van der Waals surface area contributed by atoms with Crippen molar-refractivity contribution >= 4 is 27.5 Å². The molecule has 0 bridgehead atoms. The lowest BCUT2D eigenvalue weighted by molar-refractivity contribution is 0.0695. The summed E-state index contributed by atoms with van der Waals surface area (Å²) in [7, 11) is 3.19. The van der Waals surface area contributed by atoms with Gasteiger partial charge in [0.25, 0.3) is 0 Å². The van der Waals surface area contributed by atoms with E-state index in [0.717, 1.165) is 53.9 Å². The Morgan fingerprint density at radius 3 is 2.56 bits per heavy atom. The molecular formula is C26H33N3O4S. The van der Waals surface area contributed by atoms with Crippen LogP contribution in [-0.4, -0.2) is 54.8 Å². The van der Waals surface area contributed by atoms with Gasteiger partial charge in [-0.1, -0.05) is 26.8 Å². The predicted molar refractivity (Wildman–Crippen MR) is 136 cm³/mol. The quantitative estimate of drug-likeness (QED) is 0.437. The van der Waals surface area contributed by atoms with Crippen LogP contribution in [0.25, 0.3) is 21.3 Å². The van der Waals surface area contributed by atoms with E-state index >= 15 is 0 Å². The Kier molecular flexibility index (Phi) is 7.40. The van der Waals surface area contributed by atoms with Crippen molar-refractivity contribution in [3.63, 3.8) is 0 Å². The first-order valence-corrected chi connectivity index (χ1v) is 12.7. The average molecular weight is 484 g/mol. The van der Waals surface area contributed by atoms with Crippen molar-refractivity contribution in [3.8, 4) is 22.6 Å². The van der Waals surface area contributed by atoms with Crippen molar-refractivity contribution in [1.29, 1.82) is 0 Å². The fourth-order valence-corrected chi connectivity index (χ4v) is 6.16. The van der Waals surface area contributed by atoms with Gasteiger partial charge in [0.05, 0.1) is 25.5 Å². The number of carboxylic acid groups (broad SMARTS) is 1. The summed E-state index contributed by atoms with van der Waals surface area (Å²) in [6.07, 6.45) is 0.973. The molecule has 0 amide bonds. The van der Waals surface area contributed by atoms with E-state index in [-0.39, 0.29) is 5.56 Å². The molecule has 0 radical (unpaired) electrons. The minimum atomic E-state index is -0.955. The van der Waals surface area contributed by atoms with Gasteiger partial charge in [-0.05, 0) is 48.7 Å². The Balaban J connectivity index is 2.10. The van der Waals surface area contributed by atoms with E-state index in [0.29, 0.717) is 29.7 Å². The van der Waals surface area contributed by atoms with Crippen LogP contribution in [0, 0.1) is 0 Å². The molecule has 182 valence electrons. The molecule has 1 aromatic carbocycles. The molecule has 0 spiro atoms. The van der Waals surface area contributed by atoms with Gasteiger partial charge < -0.3 is 19.9 Å². The number of aromatic carboxylic acids is 1. The highest BCUT2D eigenvalue weighted by Gasteiger charge is 2.31. The molecule has 3 heterocycles. The largest absolute Gasteiger partial charge is 0.493 e. The van der Waals surface area contributed by atoms with Crippen molar-refractivity contribution < 1.29 is 19.4 Å². The fourth-order valence-electron chi connectivity index (χ4n) is 4.90. The van der Waals surface area contributed by atoms with Gasteiger partial charge in [0, 0.05) is 35.5 Å². The lowest BCUT2D eigenvalue weighted by Gasteiger charge is -2.25. The molecule has 0 aliphatic carbocycles. The number of ether oxygens (including phenoxy) is 2. The third kappa shape index (κ3) is 4.26. The molecule has 1 unspecified atom stereocenters. The molecular weight excluding hydrogens is 450 g/mol. The number of nitrogens with one attached hydrogen (secondary N) is 1. The third-order valence-corrected chi connectivity index (χ3v) is 7.86. The number of hydrogen-bond acceptors (Lipinski definition) is 7. The van der Waals surface area contributed by atoms with Crippen LogP contribution in [0.15, 0.2) is 18.2 Å². The van der Waals surface area contributed by atoms with Gasteiger partial charge in [-0.2, -0.15) is 0 Å². The Bertz CT molecular complexity index is 1200. The molecule has 7 nitrogen and oxygen atoms in total. The van der Waals surface area contributed by atoms with Crippen LogP contribution in [-0.2, 0) is 13.1 Å². The van der Waals surface area contributed by atoms with E-state index in [9.17, 15) is 9.90 Å². The van der Waals surface area contributed by atoms with Gasteiger partial charge >= 0.3 is 5.97 Å². The molecule has 1 aliphatic rings. The van der Waals surface area contributed by atoms with Crippen molar-refractivity contribution in [1.82, 2.24) is 15.2 Å². The molecule has 3 aromatic rings. The van der Waals surface area contributed by atoms with Gasteiger partial charge in [0.2, 0.25) is 0 Å². The highest BCUT2D eigenvalue weighted by molar-refractivity contribution is 7.19. The van der Waals surface area contributed by atoms with Crippen LogP contribution in [0.1, 0.15) is 59.6 Å². The van der Waals surface area contributed by atoms with Crippen LogP contribution in [0.4, 0.5) is 0 Å². The molecule has 2 N–H and O–H groups in total. The van der Waals surface area contributed by atoms with Crippen LogP contribution in [0.2, 0.25) is 0 Å². The smallest absolute Gasteiger partial charge is 0.338 e. The zero-order valence-corrected chi connectivity index (χ0v) is 21.3. The summed E-state index contributed by atoms with van der Waals surface area (Å²) in [6, 6.07) is 5.65. The maximum atomic E-state index is 12.8. The minimum absolute atomic E-state index is 0.278. The number of thiophene rings is 1. The molecule has 4 rings (SSSR count). The fraction of sp³-hybridized carbons (Fsp3) is 0.462. The van der Waals surface area contributed by atoms with E-state index in [4.69, 9.17) is 14.5 Å². The number of benzene rings is 1. The minimum Gasteiger partial charge on any atom is -0.493 e. The number of aromatic nitrogens is 1. The summed E-state index contributed by atoms with van der Waals surface area (Å²) < 4.78 is 11.0. The maximum Gasteiger partial charge on any atom is 0.338 e. The van der Waals surface area contributed by atoms with E-state index in [1.807, 2.05) is 18.2 Å². The van der Waals surface area contributed by atoms with Crippen molar-refractivity contribution in [2.45, 2.75) is 46.2 Å². The van der Waals surface area contributed by atoms with E-state index in [1.165, 1.54) is 10.4 Å². The van der Waals surface area contributed by atoms with Gasteiger partial charge in [0.1, 0.15) is 4.83 Å². The number of hydrogen-bond donors (Lipinski definition) is 2. The lowest BCUT2D eigenvalue weighted by Crippen LogP contribution is -2.27. The number of fused-ring (bicyclic) bond motifs is 3. The molecule has 1 aliphatic heterocycles. The first-order chi connectivity index (χ1) is 16.5. The van der Waals surface area contributed by atoms with Gasteiger partial charge in [-0.3, -0.25) is 4.90 Å². The standard InChI is InChI=1S/C26H33N3O4S/c1-6-15-12-27-13-20-21(15)24-22(16-9-10-18(32-4)19(11-16)33-5)23(26(30)31)17(28-25(24)34-20)14-29(7-2)8-3/h9-11,15,27H,6-8,12-14H2,1-5H3,(H,30,31). The van der Waals surface area contributed by atoms with Gasteiger partial charge in [-0.15, -0.1) is 11.3 Å². The highest BCUT2D eigenvalue weighted by Crippen LogP contribution is 2.46. The monoisotopic (exact) mass is 483 g/mol. The molecule has 0 fully saturated rings. The van der Waals surface area contributed by atoms with Crippen molar-refractivity contribution in [2.24, 2.45) is 0 Å². The van der Waals surface area contributed by atoms with Crippen molar-refractivity contribution in [3.05, 3.63) is 39.9 Å². The first-order valence-electron chi connectivity index (χ1n) is 11.8. The van der Waals surface area contributed by atoms with Gasteiger partial charge in [0.15, 0.2) is 11.5 Å². The second-order valence-electron chi connectivity index (χ2n) is 8.50. The molecule has 8 heteroatoms. The van der Waals surface area contributed by atoms with Crippen LogP contribution in [0.5, 0.6) is 11.5 Å². The average Bonchev–Trinajstić information content (AvgIpc) is 3.23. The van der Waals surface area contributed by atoms with Gasteiger partial charge in [-0.25, -0.2) is 9.78 Å². The summed E-state index contributed by atoms with van der Waals surface area (Å²) in [5, 5.41) is 15.0. The predicted octanol–water partition coefficient (Wildman–Crippen LogP) is 5.12. The van der Waals surface area contributed by atoms with Crippen molar-refractivity contribution in [2.75, 3.05) is 33.9 Å². The Morgan fingerprint density at radius 2 is 1.94 bits per heavy atom. The van der Waals surface area contributed by atoms with E-state index in [1.54, 1.807) is 25.6 Å². The molecule has 1 atom stereocenters. The number of pyridine rings is 1. The lowest BCUT2D eigenvalue weighted by atomic mass is 9.86. The maximum absolute atomic E-state index is 12.8. The Labute approximate surface area is 204 Å². The first kappa shape index (κ1) is 24.4. The zero-order valence-electron chi connectivity index (χ0n) is 20.5. The third-order valence-electron chi connectivity index (χ3n) is 6.76.